The Bertz CT molecular complexity index is 1520. The maximum Gasteiger partial charge on any atom is 0.193 e. The standard InChI is InChI=1S/C36H28O2/c1-3-14-29(4-2)35(37)33(30-15-8-5-9-16-30)25-27-21-23-28(24-22-27)26-34(31-17-10-6-11-18-31)36(38)32-19-12-7-13-20-32/h3-26H,1-2H2/b29-14+,33-25+,34-26+. The lowest BCUT2D eigenvalue weighted by atomic mass is 9.93. The van der Waals surface area contributed by atoms with E-state index in [0.717, 1.165) is 22.3 Å². The number of carbonyl (C=O) groups is 2. The fraction of sp³-hybridized carbons (Fsp3) is 0. The van der Waals surface area contributed by atoms with Crippen LogP contribution in [0.2, 0.25) is 0 Å². The highest BCUT2D eigenvalue weighted by Gasteiger charge is 2.16. The van der Waals surface area contributed by atoms with Gasteiger partial charge in [-0.05, 0) is 34.4 Å². The lowest BCUT2D eigenvalue weighted by Gasteiger charge is -2.09. The molecule has 4 aromatic rings. The zero-order chi connectivity index (χ0) is 26.7. The number of rotatable bonds is 10. The van der Waals surface area contributed by atoms with Crippen LogP contribution < -0.4 is 0 Å². The molecule has 0 radical (unpaired) electrons. The van der Waals surface area contributed by atoms with Crippen LogP contribution in [0.3, 0.4) is 0 Å². The van der Waals surface area contributed by atoms with Crippen LogP contribution in [-0.2, 0) is 4.79 Å². The summed E-state index contributed by atoms with van der Waals surface area (Å²) in [5.41, 5.74) is 5.71. The fourth-order valence-corrected chi connectivity index (χ4v) is 4.08. The molecule has 2 heteroatoms. The summed E-state index contributed by atoms with van der Waals surface area (Å²) in [6.07, 6.45) is 8.57. The Morgan fingerprint density at radius 3 is 1.39 bits per heavy atom. The van der Waals surface area contributed by atoms with Gasteiger partial charge in [0.2, 0.25) is 0 Å². The van der Waals surface area contributed by atoms with E-state index >= 15 is 0 Å². The van der Waals surface area contributed by atoms with E-state index in [2.05, 4.69) is 13.2 Å². The maximum absolute atomic E-state index is 13.4. The number of benzene rings is 4. The fourth-order valence-electron chi connectivity index (χ4n) is 4.08. The first-order valence-electron chi connectivity index (χ1n) is 12.3. The summed E-state index contributed by atoms with van der Waals surface area (Å²) < 4.78 is 0. The molecular weight excluding hydrogens is 464 g/mol. The summed E-state index contributed by atoms with van der Waals surface area (Å²) in [5, 5.41) is 0. The summed E-state index contributed by atoms with van der Waals surface area (Å²) in [7, 11) is 0. The quantitative estimate of drug-likeness (QED) is 0.0962. The number of carbonyl (C=O) groups excluding carboxylic acids is 2. The minimum absolute atomic E-state index is 0.0382. The molecule has 0 atom stereocenters. The van der Waals surface area contributed by atoms with Crippen molar-refractivity contribution in [3.8, 4) is 0 Å². The van der Waals surface area contributed by atoms with Gasteiger partial charge in [0.15, 0.2) is 11.6 Å². The minimum Gasteiger partial charge on any atom is -0.289 e. The number of Topliss-reactive ketones (excluding diaryl/α,β-unsaturated/α-hetero) is 2. The highest BCUT2D eigenvalue weighted by molar-refractivity contribution is 6.33. The van der Waals surface area contributed by atoms with Crippen LogP contribution in [0, 0.1) is 0 Å². The lowest BCUT2D eigenvalue weighted by Crippen LogP contribution is -2.04. The molecule has 0 spiro atoms. The molecule has 38 heavy (non-hydrogen) atoms. The third-order valence-electron chi connectivity index (χ3n) is 6.03. The second kappa shape index (κ2) is 12.8. The molecule has 0 unspecified atom stereocenters. The summed E-state index contributed by atoms with van der Waals surface area (Å²) in [5.74, 6) is -0.168. The molecule has 4 rings (SSSR count). The summed E-state index contributed by atoms with van der Waals surface area (Å²) in [6.45, 7) is 7.49. The van der Waals surface area contributed by atoms with E-state index in [9.17, 15) is 9.59 Å². The van der Waals surface area contributed by atoms with E-state index in [1.807, 2.05) is 127 Å². The van der Waals surface area contributed by atoms with Gasteiger partial charge >= 0.3 is 0 Å². The van der Waals surface area contributed by atoms with Gasteiger partial charge in [-0.1, -0.05) is 147 Å². The highest BCUT2D eigenvalue weighted by atomic mass is 16.1. The molecule has 0 heterocycles. The molecule has 0 saturated carbocycles. The molecule has 0 aliphatic rings. The molecule has 0 bridgehead atoms. The Morgan fingerprint density at radius 1 is 0.526 bits per heavy atom. The van der Waals surface area contributed by atoms with Crippen molar-refractivity contribution in [3.63, 3.8) is 0 Å². The number of ketones is 2. The van der Waals surface area contributed by atoms with Crippen LogP contribution in [-0.4, -0.2) is 11.6 Å². The smallest absolute Gasteiger partial charge is 0.193 e. The second-order valence-corrected chi connectivity index (χ2v) is 8.60. The molecule has 0 aliphatic heterocycles. The third kappa shape index (κ3) is 6.37. The molecule has 4 aromatic carbocycles. The van der Waals surface area contributed by atoms with Gasteiger partial charge in [-0.25, -0.2) is 0 Å². The Kier molecular flexibility index (Phi) is 8.72. The van der Waals surface area contributed by atoms with E-state index in [1.54, 1.807) is 18.2 Å². The Balaban J connectivity index is 1.73. The van der Waals surface area contributed by atoms with Crippen LogP contribution in [0.1, 0.15) is 32.6 Å². The van der Waals surface area contributed by atoms with Crippen LogP contribution in [0.4, 0.5) is 0 Å². The van der Waals surface area contributed by atoms with Crippen molar-refractivity contribution < 1.29 is 9.59 Å². The first kappa shape index (κ1) is 26.0. The van der Waals surface area contributed by atoms with Crippen molar-refractivity contribution in [2.24, 2.45) is 0 Å². The van der Waals surface area contributed by atoms with Gasteiger partial charge in [0, 0.05) is 22.3 Å². The molecule has 2 nitrogen and oxygen atoms in total. The van der Waals surface area contributed by atoms with Crippen molar-refractivity contribution in [1.82, 2.24) is 0 Å². The Morgan fingerprint density at radius 2 is 0.947 bits per heavy atom. The molecule has 0 saturated heterocycles. The molecule has 0 N–H and O–H groups in total. The highest BCUT2D eigenvalue weighted by Crippen LogP contribution is 2.26. The number of allylic oxidation sites excluding steroid dienone is 6. The zero-order valence-corrected chi connectivity index (χ0v) is 21.1. The van der Waals surface area contributed by atoms with Gasteiger partial charge in [-0.3, -0.25) is 9.59 Å². The van der Waals surface area contributed by atoms with E-state index in [-0.39, 0.29) is 11.6 Å². The van der Waals surface area contributed by atoms with Crippen molar-refractivity contribution in [3.05, 3.63) is 180 Å². The zero-order valence-electron chi connectivity index (χ0n) is 21.1. The van der Waals surface area contributed by atoms with E-state index in [4.69, 9.17) is 0 Å². The molecule has 0 fully saturated rings. The van der Waals surface area contributed by atoms with Crippen molar-refractivity contribution in [1.29, 1.82) is 0 Å². The molecule has 184 valence electrons. The van der Waals surface area contributed by atoms with E-state index < -0.39 is 0 Å². The normalized spacial score (nSPS) is 12.1. The van der Waals surface area contributed by atoms with Crippen LogP contribution >= 0.6 is 0 Å². The van der Waals surface area contributed by atoms with Gasteiger partial charge in [0.1, 0.15) is 0 Å². The van der Waals surface area contributed by atoms with Crippen LogP contribution in [0.5, 0.6) is 0 Å². The third-order valence-corrected chi connectivity index (χ3v) is 6.03. The van der Waals surface area contributed by atoms with E-state index in [1.165, 1.54) is 0 Å². The molecule has 0 amide bonds. The first-order chi connectivity index (χ1) is 18.6. The van der Waals surface area contributed by atoms with Crippen molar-refractivity contribution >= 4 is 34.9 Å². The van der Waals surface area contributed by atoms with Gasteiger partial charge in [0.25, 0.3) is 0 Å². The van der Waals surface area contributed by atoms with Gasteiger partial charge < -0.3 is 0 Å². The minimum atomic E-state index is -0.130. The van der Waals surface area contributed by atoms with Crippen molar-refractivity contribution in [2.45, 2.75) is 0 Å². The predicted octanol–water partition coefficient (Wildman–Crippen LogP) is 8.52. The van der Waals surface area contributed by atoms with Gasteiger partial charge in [-0.15, -0.1) is 0 Å². The second-order valence-electron chi connectivity index (χ2n) is 8.60. The van der Waals surface area contributed by atoms with Crippen LogP contribution in [0.25, 0.3) is 23.3 Å². The maximum atomic E-state index is 13.4. The van der Waals surface area contributed by atoms with Crippen molar-refractivity contribution in [2.75, 3.05) is 0 Å². The SMILES string of the molecule is C=C/C=C(\C=C)C(=O)/C(=C/c1ccc(/C=C(/C(=O)c2ccccc2)c2ccccc2)cc1)c1ccccc1. The number of hydrogen-bond donors (Lipinski definition) is 0. The molecule has 0 aromatic heterocycles. The molecule has 0 aliphatic carbocycles. The van der Waals surface area contributed by atoms with Gasteiger partial charge in [-0.2, -0.15) is 0 Å². The molecular formula is C36H28O2. The number of hydrogen-bond acceptors (Lipinski definition) is 2. The summed E-state index contributed by atoms with van der Waals surface area (Å²) in [6, 6.07) is 36.3. The average molecular weight is 493 g/mol. The van der Waals surface area contributed by atoms with Crippen LogP contribution in [0.15, 0.2) is 152 Å². The van der Waals surface area contributed by atoms with Gasteiger partial charge in [0.05, 0.1) is 0 Å². The Hall–Kier alpha value is -5.08. The average Bonchev–Trinajstić information content (AvgIpc) is 2.98. The lowest BCUT2D eigenvalue weighted by molar-refractivity contribution is -0.110. The largest absolute Gasteiger partial charge is 0.289 e. The summed E-state index contributed by atoms with van der Waals surface area (Å²) >= 11 is 0. The first-order valence-corrected chi connectivity index (χ1v) is 12.3. The summed E-state index contributed by atoms with van der Waals surface area (Å²) in [4.78, 5) is 26.7. The Labute approximate surface area is 224 Å². The van der Waals surface area contributed by atoms with E-state index in [0.29, 0.717) is 22.3 Å². The topological polar surface area (TPSA) is 34.1 Å². The predicted molar refractivity (Wildman–Crippen MR) is 159 cm³/mol. The monoisotopic (exact) mass is 492 g/mol.